The van der Waals surface area contributed by atoms with Gasteiger partial charge in [0.25, 0.3) is 0 Å². The average Bonchev–Trinajstić information content (AvgIpc) is 3.27. The van der Waals surface area contributed by atoms with E-state index in [4.69, 9.17) is 9.52 Å². The Bertz CT molecular complexity index is 897. The number of nitrogens with one attached hydrogen (secondary N) is 1. The van der Waals surface area contributed by atoms with Gasteiger partial charge in [-0.2, -0.15) is 5.10 Å². The summed E-state index contributed by atoms with van der Waals surface area (Å²) in [6.45, 7) is 3.62. The molecule has 0 unspecified atom stereocenters. The highest BCUT2D eigenvalue weighted by Crippen LogP contribution is 2.22. The Hall–Kier alpha value is -2.64. The molecule has 1 amide bonds. The summed E-state index contributed by atoms with van der Waals surface area (Å²) in [5, 5.41) is 17.2. The molecule has 0 saturated carbocycles. The zero-order valence-corrected chi connectivity index (χ0v) is 15.2. The Morgan fingerprint density at radius 1 is 1.26 bits per heavy atom. The van der Waals surface area contributed by atoms with E-state index in [1.54, 1.807) is 0 Å². The number of amides is 1. The summed E-state index contributed by atoms with van der Waals surface area (Å²) in [5.74, 6) is 0.923. The fraction of sp³-hybridized carbons (Fsp3) is 0.400. The standard InChI is InChI=1S/C20H24N4O3/c25-10-7-21-20(26)6-5-16-12-17-13-23(8-9-24(17)22-16)14-18-11-15-3-1-2-4-19(15)27-18/h1-4,11-12,25H,5-10,13-14H2,(H,21,26). The van der Waals surface area contributed by atoms with Crippen LogP contribution < -0.4 is 5.32 Å². The Kier molecular flexibility index (Phi) is 5.22. The Labute approximate surface area is 157 Å². The molecule has 1 aromatic carbocycles. The lowest BCUT2D eigenvalue weighted by Gasteiger charge is -2.26. The number of aromatic nitrogens is 2. The van der Waals surface area contributed by atoms with Crippen molar-refractivity contribution in [2.24, 2.45) is 0 Å². The third-order valence-electron chi connectivity index (χ3n) is 4.83. The van der Waals surface area contributed by atoms with E-state index in [2.05, 4.69) is 33.5 Å². The molecule has 1 aliphatic rings. The number of aryl methyl sites for hydroxylation is 1. The van der Waals surface area contributed by atoms with Gasteiger partial charge in [-0.3, -0.25) is 14.4 Å². The highest BCUT2D eigenvalue weighted by Gasteiger charge is 2.20. The number of nitrogens with zero attached hydrogens (tertiary/aromatic N) is 3. The maximum Gasteiger partial charge on any atom is 0.220 e. The van der Waals surface area contributed by atoms with E-state index in [1.165, 1.54) is 5.69 Å². The number of aliphatic hydroxyl groups is 1. The lowest BCUT2D eigenvalue weighted by atomic mass is 10.2. The molecule has 3 aromatic rings. The number of hydrogen-bond donors (Lipinski definition) is 2. The van der Waals surface area contributed by atoms with Crippen LogP contribution in [0.3, 0.4) is 0 Å². The van der Waals surface area contributed by atoms with Crippen LogP contribution in [0.15, 0.2) is 40.8 Å². The minimum atomic E-state index is -0.0541. The molecular weight excluding hydrogens is 344 g/mol. The molecule has 4 rings (SSSR count). The number of furan rings is 1. The number of benzene rings is 1. The minimum Gasteiger partial charge on any atom is -0.460 e. The Morgan fingerprint density at radius 2 is 2.15 bits per heavy atom. The van der Waals surface area contributed by atoms with Crippen LogP contribution in [-0.4, -0.2) is 45.4 Å². The largest absolute Gasteiger partial charge is 0.460 e. The summed E-state index contributed by atoms with van der Waals surface area (Å²) in [6, 6.07) is 12.3. The number of carbonyl (C=O) groups is 1. The predicted molar refractivity (Wildman–Crippen MR) is 101 cm³/mol. The lowest BCUT2D eigenvalue weighted by Crippen LogP contribution is -2.33. The molecule has 2 N–H and O–H groups in total. The van der Waals surface area contributed by atoms with Crippen LogP contribution in [0.25, 0.3) is 11.0 Å². The van der Waals surface area contributed by atoms with Gasteiger partial charge in [-0.25, -0.2) is 0 Å². The van der Waals surface area contributed by atoms with Gasteiger partial charge in [0.15, 0.2) is 0 Å². The number of carbonyl (C=O) groups excluding carboxylic acids is 1. The maximum atomic E-state index is 11.7. The normalized spacial score (nSPS) is 14.4. The first kappa shape index (κ1) is 17.8. The molecule has 0 radical (unpaired) electrons. The Morgan fingerprint density at radius 3 is 3.00 bits per heavy atom. The molecule has 0 fully saturated rings. The van der Waals surface area contributed by atoms with Crippen LogP contribution in [0.1, 0.15) is 23.6 Å². The highest BCUT2D eigenvalue weighted by molar-refractivity contribution is 5.77. The minimum absolute atomic E-state index is 0.0361. The summed E-state index contributed by atoms with van der Waals surface area (Å²) in [4.78, 5) is 14.0. The van der Waals surface area contributed by atoms with Crippen molar-refractivity contribution in [3.8, 4) is 0 Å². The molecule has 7 heteroatoms. The van der Waals surface area contributed by atoms with Crippen LogP contribution in [0.5, 0.6) is 0 Å². The number of para-hydroxylation sites is 1. The monoisotopic (exact) mass is 368 g/mol. The molecule has 0 aliphatic carbocycles. The SMILES string of the molecule is O=C(CCc1cc2n(n1)CCN(Cc1cc3ccccc3o1)C2)NCCO. The molecule has 0 bridgehead atoms. The summed E-state index contributed by atoms with van der Waals surface area (Å²) in [6.07, 6.45) is 1.000. The molecule has 7 nitrogen and oxygen atoms in total. The summed E-state index contributed by atoms with van der Waals surface area (Å²) < 4.78 is 7.97. The van der Waals surface area contributed by atoms with Crippen molar-refractivity contribution in [3.05, 3.63) is 53.5 Å². The molecule has 142 valence electrons. The van der Waals surface area contributed by atoms with Crippen LogP contribution in [-0.2, 0) is 30.8 Å². The molecule has 2 aromatic heterocycles. The molecule has 27 heavy (non-hydrogen) atoms. The zero-order valence-electron chi connectivity index (χ0n) is 15.2. The van der Waals surface area contributed by atoms with Crippen molar-refractivity contribution in [1.29, 1.82) is 0 Å². The quantitative estimate of drug-likeness (QED) is 0.663. The first-order chi connectivity index (χ1) is 13.2. The van der Waals surface area contributed by atoms with E-state index in [9.17, 15) is 4.79 Å². The number of rotatable bonds is 7. The van der Waals surface area contributed by atoms with E-state index in [0.717, 1.165) is 48.6 Å². The summed E-state index contributed by atoms with van der Waals surface area (Å²) >= 11 is 0. The number of aliphatic hydroxyl groups excluding tert-OH is 1. The molecule has 0 atom stereocenters. The summed E-state index contributed by atoms with van der Waals surface area (Å²) in [7, 11) is 0. The van der Waals surface area contributed by atoms with Gasteiger partial charge in [0, 0.05) is 37.9 Å². The Balaban J connectivity index is 1.35. The average molecular weight is 368 g/mol. The van der Waals surface area contributed by atoms with E-state index in [1.807, 2.05) is 22.9 Å². The molecule has 0 spiro atoms. The van der Waals surface area contributed by atoms with Crippen molar-refractivity contribution < 1.29 is 14.3 Å². The second kappa shape index (κ2) is 7.94. The predicted octanol–water partition coefficient (Wildman–Crippen LogP) is 1.69. The maximum absolute atomic E-state index is 11.7. The van der Waals surface area contributed by atoms with E-state index in [-0.39, 0.29) is 12.5 Å². The van der Waals surface area contributed by atoms with Crippen molar-refractivity contribution in [2.45, 2.75) is 32.5 Å². The zero-order chi connectivity index (χ0) is 18.6. The topological polar surface area (TPSA) is 83.5 Å². The van der Waals surface area contributed by atoms with Crippen molar-refractivity contribution in [3.63, 3.8) is 0 Å². The van der Waals surface area contributed by atoms with Gasteiger partial charge >= 0.3 is 0 Å². The van der Waals surface area contributed by atoms with Crippen LogP contribution in [0.4, 0.5) is 0 Å². The summed E-state index contributed by atoms with van der Waals surface area (Å²) in [5.41, 5.74) is 3.04. The molecular formula is C20H24N4O3. The molecule has 0 saturated heterocycles. The van der Waals surface area contributed by atoms with Gasteiger partial charge < -0.3 is 14.8 Å². The second-order valence-corrected chi connectivity index (χ2v) is 6.88. The van der Waals surface area contributed by atoms with E-state index in [0.29, 0.717) is 19.4 Å². The van der Waals surface area contributed by atoms with Gasteiger partial charge in [0.05, 0.1) is 31.1 Å². The van der Waals surface area contributed by atoms with Gasteiger partial charge in [0.1, 0.15) is 11.3 Å². The van der Waals surface area contributed by atoms with Crippen molar-refractivity contribution >= 4 is 16.9 Å². The highest BCUT2D eigenvalue weighted by atomic mass is 16.3. The third kappa shape index (κ3) is 4.20. The lowest BCUT2D eigenvalue weighted by molar-refractivity contribution is -0.121. The molecule has 3 heterocycles. The smallest absolute Gasteiger partial charge is 0.220 e. The van der Waals surface area contributed by atoms with E-state index < -0.39 is 0 Å². The van der Waals surface area contributed by atoms with Crippen molar-refractivity contribution in [1.82, 2.24) is 20.0 Å². The first-order valence-corrected chi connectivity index (χ1v) is 9.34. The molecule has 1 aliphatic heterocycles. The number of hydrogen-bond acceptors (Lipinski definition) is 5. The van der Waals surface area contributed by atoms with E-state index >= 15 is 0 Å². The van der Waals surface area contributed by atoms with Gasteiger partial charge in [-0.1, -0.05) is 18.2 Å². The van der Waals surface area contributed by atoms with Crippen LogP contribution >= 0.6 is 0 Å². The van der Waals surface area contributed by atoms with Gasteiger partial charge in [-0.15, -0.1) is 0 Å². The first-order valence-electron chi connectivity index (χ1n) is 9.34. The van der Waals surface area contributed by atoms with Crippen molar-refractivity contribution in [2.75, 3.05) is 19.7 Å². The fourth-order valence-corrected chi connectivity index (χ4v) is 3.50. The number of fused-ring (bicyclic) bond motifs is 2. The van der Waals surface area contributed by atoms with Crippen LogP contribution in [0, 0.1) is 0 Å². The third-order valence-corrected chi connectivity index (χ3v) is 4.83. The van der Waals surface area contributed by atoms with Gasteiger partial charge in [0.2, 0.25) is 5.91 Å². The second-order valence-electron chi connectivity index (χ2n) is 6.88. The fourth-order valence-electron chi connectivity index (χ4n) is 3.50. The van der Waals surface area contributed by atoms with Crippen LogP contribution in [0.2, 0.25) is 0 Å². The van der Waals surface area contributed by atoms with Gasteiger partial charge in [-0.05, 0) is 18.2 Å².